The zero-order chi connectivity index (χ0) is 20.1. The van der Waals surface area contributed by atoms with Gasteiger partial charge in [-0.3, -0.25) is 0 Å². The number of carbonyl (C=O) groups excluding carboxylic acids is 1. The van der Waals surface area contributed by atoms with Gasteiger partial charge in [0.15, 0.2) is 12.7 Å². The van der Waals surface area contributed by atoms with Gasteiger partial charge >= 0.3 is 5.97 Å². The van der Waals surface area contributed by atoms with E-state index >= 15 is 0 Å². The van der Waals surface area contributed by atoms with Crippen molar-refractivity contribution in [1.29, 1.82) is 0 Å². The fraction of sp³-hybridized carbons (Fsp3) is 0.333. The molecular weight excluding hydrogens is 370 g/mol. The fourth-order valence-corrected chi connectivity index (χ4v) is 4.73. The first-order valence-electron chi connectivity index (χ1n) is 9.56. The van der Waals surface area contributed by atoms with Crippen LogP contribution in [0.15, 0.2) is 47.4 Å². The van der Waals surface area contributed by atoms with Crippen LogP contribution >= 0.6 is 0 Å². The van der Waals surface area contributed by atoms with Crippen molar-refractivity contribution in [2.24, 2.45) is 17.0 Å². The molecule has 3 atom stereocenters. The van der Waals surface area contributed by atoms with E-state index in [0.717, 1.165) is 34.0 Å². The molecule has 2 aliphatic rings. The highest BCUT2D eigenvalue weighted by Crippen LogP contribution is 2.38. The van der Waals surface area contributed by atoms with E-state index in [1.807, 2.05) is 25.1 Å². The van der Waals surface area contributed by atoms with Crippen molar-refractivity contribution in [3.8, 4) is 0 Å². The molecule has 0 aliphatic carbocycles. The number of nitrogens with zero attached hydrogens (tertiary/aromatic N) is 4. The van der Waals surface area contributed by atoms with Crippen LogP contribution in [0.2, 0.25) is 0 Å². The summed E-state index contributed by atoms with van der Waals surface area (Å²) in [6.07, 6.45) is 4.42. The maximum Gasteiger partial charge on any atom is 0.337 e. The smallest absolute Gasteiger partial charge is 0.337 e. The number of ether oxygens (including phenoxy) is 2. The Kier molecular flexibility index (Phi) is 3.96. The third kappa shape index (κ3) is 2.64. The summed E-state index contributed by atoms with van der Waals surface area (Å²) in [5.41, 5.74) is 13.0. The quantitative estimate of drug-likeness (QED) is 0.236. The number of pyridine rings is 1. The summed E-state index contributed by atoms with van der Waals surface area (Å²) in [6.45, 7) is 2.82. The van der Waals surface area contributed by atoms with E-state index in [0.29, 0.717) is 17.7 Å². The van der Waals surface area contributed by atoms with Gasteiger partial charge in [0, 0.05) is 45.3 Å². The standard InChI is InChI=1S/C21H19N5O3/c1-11-16-9-26-6-5-14-13-4-3-12(24-25-22)7-18(13)23-20(14)19(26)8-15(16)17(10-29-11)21(27)28-2/h3-7,10-11,15-16H,8-9H2,1-2H3/p+1/t11-,15-,16+/m0/s1. The van der Waals surface area contributed by atoms with Gasteiger partial charge in [0.05, 0.1) is 24.9 Å². The van der Waals surface area contributed by atoms with E-state index < -0.39 is 0 Å². The Hall–Kier alpha value is -3.51. The number of rotatable bonds is 2. The monoisotopic (exact) mass is 390 g/mol. The third-order valence-electron chi connectivity index (χ3n) is 6.21. The minimum atomic E-state index is -0.330. The number of H-pyrrole nitrogens is 1. The Balaban J connectivity index is 1.66. The van der Waals surface area contributed by atoms with Crippen molar-refractivity contribution >= 4 is 33.5 Å². The average Bonchev–Trinajstić information content (AvgIpc) is 3.11. The van der Waals surface area contributed by atoms with E-state index in [4.69, 9.17) is 15.0 Å². The molecule has 0 saturated heterocycles. The van der Waals surface area contributed by atoms with E-state index in [-0.39, 0.29) is 23.9 Å². The van der Waals surface area contributed by atoms with Crippen LogP contribution < -0.4 is 4.57 Å². The highest BCUT2D eigenvalue weighted by molar-refractivity contribution is 6.08. The lowest BCUT2D eigenvalue weighted by Gasteiger charge is -2.36. The average molecular weight is 390 g/mol. The van der Waals surface area contributed by atoms with Gasteiger partial charge in [0.2, 0.25) is 5.69 Å². The molecule has 0 radical (unpaired) electrons. The Morgan fingerprint density at radius 1 is 1.38 bits per heavy atom. The van der Waals surface area contributed by atoms with Gasteiger partial charge in [-0.05, 0) is 18.5 Å². The van der Waals surface area contributed by atoms with Crippen molar-refractivity contribution < 1.29 is 18.8 Å². The van der Waals surface area contributed by atoms with Crippen LogP contribution in [-0.2, 0) is 27.2 Å². The number of azide groups is 1. The maximum absolute atomic E-state index is 12.3. The number of hydrogen-bond acceptors (Lipinski definition) is 4. The fourth-order valence-electron chi connectivity index (χ4n) is 4.73. The molecule has 0 bridgehead atoms. The highest BCUT2D eigenvalue weighted by atomic mass is 16.5. The van der Waals surface area contributed by atoms with Crippen LogP contribution in [-0.4, -0.2) is 24.2 Å². The molecule has 2 aromatic heterocycles. The number of benzene rings is 1. The lowest BCUT2D eigenvalue weighted by atomic mass is 9.76. The molecule has 0 amide bonds. The summed E-state index contributed by atoms with van der Waals surface area (Å²) in [5, 5.41) is 5.89. The Labute approximate surface area is 166 Å². The van der Waals surface area contributed by atoms with Crippen molar-refractivity contribution in [3.63, 3.8) is 0 Å². The summed E-state index contributed by atoms with van der Waals surface area (Å²) in [7, 11) is 1.40. The van der Waals surface area contributed by atoms with E-state index in [1.54, 1.807) is 6.26 Å². The van der Waals surface area contributed by atoms with Gasteiger partial charge in [-0.15, -0.1) is 0 Å². The molecule has 8 heteroatoms. The first kappa shape index (κ1) is 17.6. The highest BCUT2D eigenvalue weighted by Gasteiger charge is 2.45. The van der Waals surface area contributed by atoms with Crippen LogP contribution in [0, 0.1) is 11.8 Å². The molecule has 3 aromatic rings. The van der Waals surface area contributed by atoms with Crippen LogP contribution in [0.25, 0.3) is 32.2 Å². The van der Waals surface area contributed by atoms with Crippen LogP contribution in [0.3, 0.4) is 0 Å². The number of esters is 1. The second-order valence-corrected chi connectivity index (χ2v) is 7.63. The van der Waals surface area contributed by atoms with Crippen molar-refractivity contribution in [3.05, 3.63) is 58.4 Å². The summed E-state index contributed by atoms with van der Waals surface area (Å²) >= 11 is 0. The summed E-state index contributed by atoms with van der Waals surface area (Å²) in [6, 6.07) is 7.75. The molecule has 5 rings (SSSR count). The normalized spacial score (nSPS) is 22.8. The summed E-state index contributed by atoms with van der Waals surface area (Å²) in [4.78, 5) is 18.7. The third-order valence-corrected chi connectivity index (χ3v) is 6.21. The summed E-state index contributed by atoms with van der Waals surface area (Å²) in [5.74, 6) is -0.0878. The predicted octanol–water partition coefficient (Wildman–Crippen LogP) is 3.81. The molecule has 0 spiro atoms. The molecule has 1 aromatic carbocycles. The van der Waals surface area contributed by atoms with E-state index in [2.05, 4.69) is 31.8 Å². The lowest BCUT2D eigenvalue weighted by Crippen LogP contribution is -2.53. The molecule has 8 nitrogen and oxygen atoms in total. The Bertz CT molecular complexity index is 1240. The molecule has 29 heavy (non-hydrogen) atoms. The van der Waals surface area contributed by atoms with Gasteiger partial charge in [0.1, 0.15) is 11.6 Å². The van der Waals surface area contributed by atoms with E-state index in [1.165, 1.54) is 7.11 Å². The number of hydrogen-bond donors (Lipinski definition) is 1. The van der Waals surface area contributed by atoms with Crippen LogP contribution in [0.1, 0.15) is 12.6 Å². The van der Waals surface area contributed by atoms with Crippen LogP contribution in [0.5, 0.6) is 0 Å². The first-order valence-corrected chi connectivity index (χ1v) is 9.56. The van der Waals surface area contributed by atoms with Gasteiger partial charge < -0.3 is 14.5 Å². The number of carbonyl (C=O) groups is 1. The van der Waals surface area contributed by atoms with Crippen molar-refractivity contribution in [2.45, 2.75) is 26.0 Å². The van der Waals surface area contributed by atoms with E-state index in [9.17, 15) is 4.79 Å². The molecular formula is C21H20N5O3+. The SMILES string of the molecule is COC(=O)C1=CO[C@@H](C)[C@H]2C[n+]3ccc4c([nH]c5cc(N=[N+]=[N-])ccc54)c3C[C@H]12. The minimum Gasteiger partial charge on any atom is -0.497 e. The Morgan fingerprint density at radius 3 is 3.03 bits per heavy atom. The summed E-state index contributed by atoms with van der Waals surface area (Å²) < 4.78 is 13.0. The molecule has 0 unspecified atom stereocenters. The molecule has 1 N–H and O–H groups in total. The zero-order valence-electron chi connectivity index (χ0n) is 16.1. The molecule has 2 aliphatic heterocycles. The lowest BCUT2D eigenvalue weighted by molar-refractivity contribution is -0.717. The second-order valence-electron chi connectivity index (χ2n) is 7.63. The zero-order valence-corrected chi connectivity index (χ0v) is 16.1. The number of fused-ring (bicyclic) bond motifs is 6. The Morgan fingerprint density at radius 2 is 2.24 bits per heavy atom. The second kappa shape index (κ2) is 6.53. The van der Waals surface area contributed by atoms with Crippen LogP contribution in [0.4, 0.5) is 5.69 Å². The van der Waals surface area contributed by atoms with Gasteiger partial charge in [0.25, 0.3) is 0 Å². The topological polar surface area (TPSA) is 104 Å². The number of methoxy groups -OCH3 is 1. The van der Waals surface area contributed by atoms with Crippen molar-refractivity contribution in [1.82, 2.24) is 4.98 Å². The molecule has 146 valence electrons. The maximum atomic E-state index is 12.3. The molecule has 0 saturated carbocycles. The predicted molar refractivity (Wildman–Crippen MR) is 106 cm³/mol. The molecule has 4 heterocycles. The number of nitrogens with one attached hydrogen (secondary N) is 1. The minimum absolute atomic E-state index is 0.0267. The largest absolute Gasteiger partial charge is 0.497 e. The van der Waals surface area contributed by atoms with Gasteiger partial charge in [-0.1, -0.05) is 17.2 Å². The molecule has 0 fully saturated rings. The first-order chi connectivity index (χ1) is 14.1. The number of aromatic nitrogens is 2. The van der Waals surface area contributed by atoms with Gasteiger partial charge in [-0.25, -0.2) is 9.36 Å². The number of aromatic amines is 1. The van der Waals surface area contributed by atoms with Crippen molar-refractivity contribution in [2.75, 3.05) is 7.11 Å². The van der Waals surface area contributed by atoms with Gasteiger partial charge in [-0.2, -0.15) is 0 Å².